The van der Waals surface area contributed by atoms with Crippen LogP contribution in [0.25, 0.3) is 0 Å². The van der Waals surface area contributed by atoms with Crippen LogP contribution in [-0.2, 0) is 6.42 Å². The van der Waals surface area contributed by atoms with E-state index >= 15 is 0 Å². The Bertz CT molecular complexity index is 616. The first-order valence-electron chi connectivity index (χ1n) is 6.42. The summed E-state index contributed by atoms with van der Waals surface area (Å²) in [7, 11) is 1.62. The van der Waals surface area contributed by atoms with Gasteiger partial charge < -0.3 is 4.74 Å². The molecule has 0 heterocycles. The maximum atomic E-state index is 13.3. The summed E-state index contributed by atoms with van der Waals surface area (Å²) in [6.07, 6.45) is 1.51. The van der Waals surface area contributed by atoms with Crippen LogP contribution in [0.1, 0.15) is 22.4 Å². The van der Waals surface area contributed by atoms with Crippen molar-refractivity contribution in [2.24, 2.45) is 0 Å². The van der Waals surface area contributed by atoms with E-state index in [-0.39, 0.29) is 9.85 Å². The minimum Gasteiger partial charge on any atom is -0.497 e. The molecule has 0 N–H and O–H groups in total. The molecule has 0 radical (unpaired) electrons. The number of hydrogen-bond acceptors (Lipinski definition) is 1. The fraction of sp³-hybridized carbons (Fsp3) is 0.250. The molecule has 1 unspecified atom stereocenters. The molecule has 0 aliphatic rings. The first kappa shape index (κ1) is 16.2. The Morgan fingerprint density at radius 3 is 2.38 bits per heavy atom. The molecule has 0 aliphatic heterocycles. The van der Waals surface area contributed by atoms with Gasteiger partial charge in [0.05, 0.1) is 7.11 Å². The average Bonchev–Trinajstić information content (AvgIpc) is 2.49. The lowest BCUT2D eigenvalue weighted by Gasteiger charge is -2.13. The van der Waals surface area contributed by atoms with Crippen LogP contribution in [0.2, 0.25) is 5.02 Å². The molecule has 2 aromatic rings. The summed E-state index contributed by atoms with van der Waals surface area (Å²) in [5, 5.41) is 0.227. The average molecular weight is 376 g/mol. The number of alkyl halides is 1. The Hall–Kier alpha value is -1.13. The van der Waals surface area contributed by atoms with Gasteiger partial charge in [-0.1, -0.05) is 39.7 Å². The molecular formula is C16H14BrClF2O. The lowest BCUT2D eigenvalue weighted by atomic mass is 10.0. The monoisotopic (exact) mass is 374 g/mol. The van der Waals surface area contributed by atoms with Gasteiger partial charge in [0, 0.05) is 9.85 Å². The minimum atomic E-state index is -0.932. The standard InChI is InChI=1S/C16H14BrClF2O/c1-21-11-5-2-10(3-6-11)4-7-13(17)12-8-15(19)16(20)9-14(12)18/h2-3,5-6,8-9,13H,4,7H2,1H3. The van der Waals surface area contributed by atoms with Gasteiger partial charge in [0.15, 0.2) is 11.6 Å². The molecule has 0 fully saturated rings. The minimum absolute atomic E-state index is 0.137. The van der Waals surface area contributed by atoms with Gasteiger partial charge in [0.25, 0.3) is 0 Å². The number of aryl methyl sites for hydroxylation is 1. The number of rotatable bonds is 5. The third-order valence-corrected chi connectivity index (χ3v) is 4.50. The van der Waals surface area contributed by atoms with Crippen LogP contribution in [0.4, 0.5) is 8.78 Å². The van der Waals surface area contributed by atoms with Crippen molar-refractivity contribution in [3.63, 3.8) is 0 Å². The molecule has 0 amide bonds. The van der Waals surface area contributed by atoms with Crippen molar-refractivity contribution in [3.8, 4) is 5.75 Å². The molecule has 112 valence electrons. The predicted molar refractivity (Wildman–Crippen MR) is 84.4 cm³/mol. The molecule has 2 rings (SSSR count). The third-order valence-electron chi connectivity index (χ3n) is 3.22. The molecule has 0 saturated carbocycles. The fourth-order valence-electron chi connectivity index (χ4n) is 2.02. The van der Waals surface area contributed by atoms with Crippen LogP contribution in [0.15, 0.2) is 36.4 Å². The molecule has 0 bridgehead atoms. The second-order valence-electron chi connectivity index (χ2n) is 4.64. The molecule has 0 aliphatic carbocycles. The molecule has 2 aromatic carbocycles. The second kappa shape index (κ2) is 7.23. The van der Waals surface area contributed by atoms with Crippen molar-refractivity contribution < 1.29 is 13.5 Å². The van der Waals surface area contributed by atoms with E-state index in [0.717, 1.165) is 36.3 Å². The van der Waals surface area contributed by atoms with Gasteiger partial charge in [-0.25, -0.2) is 8.78 Å². The normalized spacial score (nSPS) is 12.2. The van der Waals surface area contributed by atoms with Crippen LogP contribution in [0, 0.1) is 11.6 Å². The molecule has 0 aromatic heterocycles. The van der Waals surface area contributed by atoms with E-state index in [1.54, 1.807) is 7.11 Å². The van der Waals surface area contributed by atoms with Gasteiger partial charge in [-0.2, -0.15) is 0 Å². The van der Waals surface area contributed by atoms with Gasteiger partial charge >= 0.3 is 0 Å². The Kier molecular flexibility index (Phi) is 5.59. The van der Waals surface area contributed by atoms with Crippen molar-refractivity contribution in [1.29, 1.82) is 0 Å². The van der Waals surface area contributed by atoms with Crippen molar-refractivity contribution >= 4 is 27.5 Å². The molecule has 0 spiro atoms. The van der Waals surface area contributed by atoms with E-state index in [0.29, 0.717) is 5.56 Å². The number of halogens is 4. The largest absolute Gasteiger partial charge is 0.497 e. The summed E-state index contributed by atoms with van der Waals surface area (Å²) in [6.45, 7) is 0. The van der Waals surface area contributed by atoms with Crippen molar-refractivity contribution in [3.05, 3.63) is 64.2 Å². The molecule has 21 heavy (non-hydrogen) atoms. The third kappa shape index (κ3) is 4.17. The summed E-state index contributed by atoms with van der Waals surface area (Å²) in [6, 6.07) is 9.89. The molecule has 5 heteroatoms. The van der Waals surface area contributed by atoms with E-state index in [9.17, 15) is 8.78 Å². The smallest absolute Gasteiger partial charge is 0.160 e. The van der Waals surface area contributed by atoms with E-state index in [1.807, 2.05) is 24.3 Å². The Labute approximate surface area is 136 Å². The number of benzene rings is 2. The van der Waals surface area contributed by atoms with Crippen LogP contribution >= 0.6 is 27.5 Å². The summed E-state index contributed by atoms with van der Waals surface area (Å²) >= 11 is 9.45. The topological polar surface area (TPSA) is 9.23 Å². The Balaban J connectivity index is 2.04. The maximum absolute atomic E-state index is 13.3. The summed E-state index contributed by atoms with van der Waals surface area (Å²) < 4.78 is 31.5. The van der Waals surface area contributed by atoms with Gasteiger partial charge in [0.2, 0.25) is 0 Å². The van der Waals surface area contributed by atoms with Crippen molar-refractivity contribution in [1.82, 2.24) is 0 Å². The number of hydrogen-bond donors (Lipinski definition) is 0. The van der Waals surface area contributed by atoms with Gasteiger partial charge in [-0.15, -0.1) is 0 Å². The van der Waals surface area contributed by atoms with E-state index in [2.05, 4.69) is 15.9 Å². The van der Waals surface area contributed by atoms with E-state index < -0.39 is 11.6 Å². The quantitative estimate of drug-likeness (QED) is 0.481. The number of methoxy groups -OCH3 is 1. The van der Waals surface area contributed by atoms with Crippen molar-refractivity contribution in [2.45, 2.75) is 17.7 Å². The molecule has 1 atom stereocenters. The Morgan fingerprint density at radius 2 is 1.76 bits per heavy atom. The van der Waals surface area contributed by atoms with Crippen LogP contribution in [-0.4, -0.2) is 7.11 Å². The highest BCUT2D eigenvalue weighted by atomic mass is 79.9. The highest BCUT2D eigenvalue weighted by molar-refractivity contribution is 9.09. The zero-order valence-corrected chi connectivity index (χ0v) is 13.7. The van der Waals surface area contributed by atoms with Gasteiger partial charge in [-0.05, 0) is 48.2 Å². The zero-order chi connectivity index (χ0) is 15.4. The van der Waals surface area contributed by atoms with Crippen LogP contribution in [0.3, 0.4) is 0 Å². The van der Waals surface area contributed by atoms with Crippen molar-refractivity contribution in [2.75, 3.05) is 7.11 Å². The molecular weight excluding hydrogens is 362 g/mol. The first-order chi connectivity index (χ1) is 10.0. The van der Waals surface area contributed by atoms with Gasteiger partial charge in [-0.3, -0.25) is 0 Å². The lowest BCUT2D eigenvalue weighted by Crippen LogP contribution is -1.97. The van der Waals surface area contributed by atoms with Gasteiger partial charge in [0.1, 0.15) is 5.75 Å². The highest BCUT2D eigenvalue weighted by Gasteiger charge is 2.15. The summed E-state index contributed by atoms with van der Waals surface area (Å²) in [5.41, 5.74) is 1.70. The van der Waals surface area contributed by atoms with E-state index in [4.69, 9.17) is 16.3 Å². The Morgan fingerprint density at radius 1 is 1.14 bits per heavy atom. The highest BCUT2D eigenvalue weighted by Crippen LogP contribution is 2.34. The van der Waals surface area contributed by atoms with E-state index in [1.165, 1.54) is 0 Å². The summed E-state index contributed by atoms with van der Waals surface area (Å²) in [4.78, 5) is -0.137. The molecule has 1 nitrogen and oxygen atoms in total. The van der Waals surface area contributed by atoms with Crippen LogP contribution in [0.5, 0.6) is 5.75 Å². The first-order valence-corrected chi connectivity index (χ1v) is 7.72. The molecule has 0 saturated heterocycles. The summed E-state index contributed by atoms with van der Waals surface area (Å²) in [5.74, 6) is -1.01. The fourth-order valence-corrected chi connectivity index (χ4v) is 3.04. The van der Waals surface area contributed by atoms with Crippen LogP contribution < -0.4 is 4.74 Å². The number of ether oxygens (including phenoxy) is 1. The lowest BCUT2D eigenvalue weighted by molar-refractivity contribution is 0.414. The maximum Gasteiger partial charge on any atom is 0.160 e. The predicted octanol–water partition coefficient (Wildman–Crippen LogP) is 5.70. The SMILES string of the molecule is COc1ccc(CCC(Br)c2cc(F)c(F)cc2Cl)cc1. The zero-order valence-electron chi connectivity index (χ0n) is 11.4. The second-order valence-corrected chi connectivity index (χ2v) is 6.15.